The molecule has 1 heterocycles. The van der Waals surface area contributed by atoms with Crippen molar-refractivity contribution in [1.29, 1.82) is 0 Å². The van der Waals surface area contributed by atoms with Gasteiger partial charge in [0.2, 0.25) is 11.8 Å². The second-order valence-corrected chi connectivity index (χ2v) is 7.55. The number of nitrogens with zero attached hydrogens (tertiary/aromatic N) is 1. The van der Waals surface area contributed by atoms with Crippen molar-refractivity contribution in [3.8, 4) is 0 Å². The number of piperidine rings is 1. The van der Waals surface area contributed by atoms with E-state index in [-0.39, 0.29) is 29.8 Å². The lowest BCUT2D eigenvalue weighted by molar-refractivity contribution is -0.136. The molecule has 2 amide bonds. The van der Waals surface area contributed by atoms with E-state index in [1.54, 1.807) is 0 Å². The Hall–Kier alpha value is -1.10. The van der Waals surface area contributed by atoms with Crippen LogP contribution in [0, 0.1) is 11.8 Å². The van der Waals surface area contributed by atoms with Crippen molar-refractivity contribution in [2.24, 2.45) is 17.6 Å². The van der Waals surface area contributed by atoms with Gasteiger partial charge in [-0.05, 0) is 38.5 Å². The lowest BCUT2D eigenvalue weighted by atomic mass is 9.88. The molecule has 0 radical (unpaired) electrons. The number of carbonyl (C=O) groups is 2. The summed E-state index contributed by atoms with van der Waals surface area (Å²) < 4.78 is 0. The first-order chi connectivity index (χ1) is 11.0. The van der Waals surface area contributed by atoms with Gasteiger partial charge in [-0.15, -0.1) is 0 Å². The maximum absolute atomic E-state index is 12.6. The Bertz CT molecular complexity index is 407. The second kappa shape index (κ2) is 8.67. The monoisotopic (exact) mass is 323 g/mol. The van der Waals surface area contributed by atoms with Gasteiger partial charge in [0.1, 0.15) is 0 Å². The van der Waals surface area contributed by atoms with Gasteiger partial charge in [0.15, 0.2) is 0 Å². The Labute approximate surface area is 140 Å². The third-order valence-corrected chi connectivity index (χ3v) is 5.42. The molecule has 132 valence electrons. The molecule has 0 aromatic heterocycles. The number of nitrogens with two attached hydrogens (primary N) is 1. The van der Waals surface area contributed by atoms with Gasteiger partial charge in [-0.25, -0.2) is 0 Å². The second-order valence-electron chi connectivity index (χ2n) is 7.55. The Balaban J connectivity index is 1.80. The summed E-state index contributed by atoms with van der Waals surface area (Å²) in [6, 6.07) is 0.0576. The topological polar surface area (TPSA) is 75.4 Å². The highest BCUT2D eigenvalue weighted by molar-refractivity contribution is 5.81. The van der Waals surface area contributed by atoms with E-state index in [1.807, 2.05) is 11.8 Å². The standard InChI is InChI=1S/C18H33N3O2/c1-13-8-9-21(16(10-13)12-19)17(22)11-14(2)20-18(23)15-6-4-3-5-7-15/h13-16H,3-12,19H2,1-2H3,(H,20,23). The normalized spacial score (nSPS) is 27.5. The summed E-state index contributed by atoms with van der Waals surface area (Å²) in [6.07, 6.45) is 7.94. The molecule has 3 atom stereocenters. The molecule has 2 aliphatic rings. The molecular weight excluding hydrogens is 290 g/mol. The maximum Gasteiger partial charge on any atom is 0.224 e. The van der Waals surface area contributed by atoms with Crippen molar-refractivity contribution in [2.75, 3.05) is 13.1 Å². The van der Waals surface area contributed by atoms with Crippen molar-refractivity contribution in [3.63, 3.8) is 0 Å². The average molecular weight is 323 g/mol. The van der Waals surface area contributed by atoms with Crippen LogP contribution in [-0.2, 0) is 9.59 Å². The number of rotatable bonds is 5. The molecule has 1 saturated heterocycles. The number of amides is 2. The molecule has 3 N–H and O–H groups in total. The fourth-order valence-corrected chi connectivity index (χ4v) is 3.96. The molecule has 0 aromatic carbocycles. The van der Waals surface area contributed by atoms with Crippen LogP contribution in [0.15, 0.2) is 0 Å². The van der Waals surface area contributed by atoms with E-state index in [4.69, 9.17) is 5.73 Å². The third kappa shape index (κ3) is 5.20. The first kappa shape index (κ1) is 18.2. The molecule has 5 heteroatoms. The van der Waals surface area contributed by atoms with Crippen molar-refractivity contribution < 1.29 is 9.59 Å². The van der Waals surface area contributed by atoms with Crippen molar-refractivity contribution in [3.05, 3.63) is 0 Å². The minimum atomic E-state index is -0.102. The molecule has 0 bridgehead atoms. The van der Waals surface area contributed by atoms with Crippen molar-refractivity contribution in [1.82, 2.24) is 10.2 Å². The van der Waals surface area contributed by atoms with Crippen LogP contribution in [0.1, 0.15) is 65.2 Å². The molecule has 23 heavy (non-hydrogen) atoms. The smallest absolute Gasteiger partial charge is 0.224 e. The highest BCUT2D eigenvalue weighted by Gasteiger charge is 2.30. The summed E-state index contributed by atoms with van der Waals surface area (Å²) in [5.41, 5.74) is 5.84. The lowest BCUT2D eigenvalue weighted by Crippen LogP contribution is -2.51. The fourth-order valence-electron chi connectivity index (χ4n) is 3.96. The van der Waals surface area contributed by atoms with Gasteiger partial charge in [-0.3, -0.25) is 9.59 Å². The Morgan fingerprint density at radius 2 is 1.91 bits per heavy atom. The Morgan fingerprint density at radius 1 is 1.22 bits per heavy atom. The molecule has 5 nitrogen and oxygen atoms in total. The number of nitrogens with one attached hydrogen (secondary N) is 1. The van der Waals surface area contributed by atoms with Crippen LogP contribution in [0.5, 0.6) is 0 Å². The van der Waals surface area contributed by atoms with E-state index in [0.717, 1.165) is 45.1 Å². The van der Waals surface area contributed by atoms with Gasteiger partial charge in [0, 0.05) is 37.5 Å². The van der Waals surface area contributed by atoms with Gasteiger partial charge in [0.25, 0.3) is 0 Å². The zero-order chi connectivity index (χ0) is 16.8. The predicted octanol–water partition coefficient (Wildman–Crippen LogP) is 2.05. The summed E-state index contributed by atoms with van der Waals surface area (Å²) in [6.45, 7) is 5.48. The largest absolute Gasteiger partial charge is 0.353 e. The van der Waals surface area contributed by atoms with E-state index in [1.165, 1.54) is 6.42 Å². The predicted molar refractivity (Wildman–Crippen MR) is 91.8 cm³/mol. The van der Waals surface area contributed by atoms with E-state index >= 15 is 0 Å². The first-order valence-electron chi connectivity index (χ1n) is 9.31. The van der Waals surface area contributed by atoms with Crippen LogP contribution < -0.4 is 11.1 Å². The number of likely N-dealkylation sites (tertiary alicyclic amines) is 1. The van der Waals surface area contributed by atoms with E-state index in [2.05, 4.69) is 12.2 Å². The SMILES string of the molecule is CC1CCN(C(=O)CC(C)NC(=O)C2CCCCC2)C(CN)C1. The van der Waals surface area contributed by atoms with Gasteiger partial charge < -0.3 is 16.0 Å². The Morgan fingerprint density at radius 3 is 2.57 bits per heavy atom. The summed E-state index contributed by atoms with van der Waals surface area (Å²) >= 11 is 0. The maximum atomic E-state index is 12.6. The lowest BCUT2D eigenvalue weighted by Gasteiger charge is -2.38. The molecule has 1 aliphatic heterocycles. The number of hydrogen-bond acceptors (Lipinski definition) is 3. The third-order valence-electron chi connectivity index (χ3n) is 5.42. The minimum absolute atomic E-state index is 0.102. The molecule has 0 spiro atoms. The van der Waals surface area contributed by atoms with Gasteiger partial charge >= 0.3 is 0 Å². The van der Waals surface area contributed by atoms with Crippen LogP contribution in [0.3, 0.4) is 0 Å². The summed E-state index contributed by atoms with van der Waals surface area (Å²) in [5.74, 6) is 1.04. The van der Waals surface area contributed by atoms with Crippen LogP contribution in [0.2, 0.25) is 0 Å². The summed E-state index contributed by atoms with van der Waals surface area (Å²) in [7, 11) is 0. The van der Waals surface area contributed by atoms with Crippen LogP contribution in [0.4, 0.5) is 0 Å². The minimum Gasteiger partial charge on any atom is -0.353 e. The van der Waals surface area contributed by atoms with Gasteiger partial charge in [0.05, 0.1) is 0 Å². The van der Waals surface area contributed by atoms with Crippen LogP contribution >= 0.6 is 0 Å². The summed E-state index contributed by atoms with van der Waals surface area (Å²) in [4.78, 5) is 26.8. The van der Waals surface area contributed by atoms with Crippen molar-refractivity contribution in [2.45, 2.75) is 77.3 Å². The van der Waals surface area contributed by atoms with Crippen LogP contribution in [0.25, 0.3) is 0 Å². The molecular formula is C18H33N3O2. The summed E-state index contributed by atoms with van der Waals surface area (Å²) in [5, 5.41) is 3.04. The fraction of sp³-hybridized carbons (Fsp3) is 0.889. The van der Waals surface area contributed by atoms with Gasteiger partial charge in [-0.2, -0.15) is 0 Å². The highest BCUT2D eigenvalue weighted by Crippen LogP contribution is 2.24. The average Bonchev–Trinajstić information content (AvgIpc) is 2.55. The van der Waals surface area contributed by atoms with Crippen molar-refractivity contribution >= 4 is 11.8 Å². The molecule has 0 aromatic rings. The molecule has 1 aliphatic carbocycles. The van der Waals surface area contributed by atoms with E-state index in [0.29, 0.717) is 18.9 Å². The first-order valence-corrected chi connectivity index (χ1v) is 9.31. The molecule has 2 fully saturated rings. The molecule has 2 rings (SSSR count). The Kier molecular flexibility index (Phi) is 6.88. The van der Waals surface area contributed by atoms with E-state index < -0.39 is 0 Å². The number of hydrogen-bond donors (Lipinski definition) is 2. The van der Waals surface area contributed by atoms with Gasteiger partial charge in [-0.1, -0.05) is 26.2 Å². The highest BCUT2D eigenvalue weighted by atomic mass is 16.2. The van der Waals surface area contributed by atoms with E-state index in [9.17, 15) is 9.59 Å². The number of carbonyl (C=O) groups excluding carboxylic acids is 2. The molecule has 3 unspecified atom stereocenters. The quantitative estimate of drug-likeness (QED) is 0.813. The zero-order valence-electron chi connectivity index (χ0n) is 14.7. The molecule has 1 saturated carbocycles. The zero-order valence-corrected chi connectivity index (χ0v) is 14.7. The van der Waals surface area contributed by atoms with Crippen LogP contribution in [-0.4, -0.2) is 41.9 Å².